The lowest BCUT2D eigenvalue weighted by Gasteiger charge is -2.23. The number of nitrogens with zero attached hydrogens (tertiary/aromatic N) is 2. The van der Waals surface area contributed by atoms with Crippen molar-refractivity contribution in [2.45, 2.75) is 52.5 Å². The zero-order valence-corrected chi connectivity index (χ0v) is 10.8. The van der Waals surface area contributed by atoms with Gasteiger partial charge in [0.05, 0.1) is 0 Å². The molecule has 2 N–H and O–H groups in total. The van der Waals surface area contributed by atoms with Crippen LogP contribution in [0.5, 0.6) is 0 Å². The molecule has 4 nitrogen and oxygen atoms in total. The van der Waals surface area contributed by atoms with Crippen LogP contribution in [0.15, 0.2) is 4.99 Å². The highest BCUT2D eigenvalue weighted by molar-refractivity contribution is 6.06. The monoisotopic (exact) mass is 225 g/mol. The molecule has 4 heteroatoms. The topological polar surface area (TPSA) is 58.7 Å². The lowest BCUT2D eigenvalue weighted by Crippen LogP contribution is -2.43. The molecule has 0 spiro atoms. The van der Waals surface area contributed by atoms with E-state index < -0.39 is 5.54 Å². The molecule has 1 aliphatic heterocycles. The van der Waals surface area contributed by atoms with Gasteiger partial charge in [-0.1, -0.05) is 27.2 Å². The number of aliphatic imine (C=N–C) groups is 1. The fourth-order valence-electron chi connectivity index (χ4n) is 2.22. The van der Waals surface area contributed by atoms with Gasteiger partial charge in [-0.2, -0.15) is 0 Å². The Morgan fingerprint density at radius 1 is 1.50 bits per heavy atom. The van der Waals surface area contributed by atoms with Gasteiger partial charge in [0.1, 0.15) is 5.54 Å². The van der Waals surface area contributed by atoms with E-state index in [1.807, 2.05) is 6.92 Å². The number of hydrogen-bond donors (Lipinski definition) is 1. The van der Waals surface area contributed by atoms with E-state index in [0.717, 1.165) is 19.3 Å². The fraction of sp³-hybridized carbons (Fsp3) is 0.833. The highest BCUT2D eigenvalue weighted by Crippen LogP contribution is 2.28. The Morgan fingerprint density at radius 2 is 2.12 bits per heavy atom. The van der Waals surface area contributed by atoms with Crippen molar-refractivity contribution in [3.63, 3.8) is 0 Å². The van der Waals surface area contributed by atoms with Crippen LogP contribution in [-0.4, -0.2) is 28.9 Å². The summed E-state index contributed by atoms with van der Waals surface area (Å²) in [6, 6.07) is 0. The molecule has 0 aromatic rings. The van der Waals surface area contributed by atoms with Gasteiger partial charge >= 0.3 is 0 Å². The predicted molar refractivity (Wildman–Crippen MR) is 66.1 cm³/mol. The number of carbonyl (C=O) groups excluding carboxylic acids is 1. The molecular formula is C12H23N3O. The minimum atomic E-state index is -0.633. The van der Waals surface area contributed by atoms with Gasteiger partial charge in [0.25, 0.3) is 5.91 Å². The van der Waals surface area contributed by atoms with Crippen molar-refractivity contribution < 1.29 is 4.79 Å². The zero-order chi connectivity index (χ0) is 12.3. The first kappa shape index (κ1) is 13.0. The van der Waals surface area contributed by atoms with Gasteiger partial charge in [-0.15, -0.1) is 0 Å². The van der Waals surface area contributed by atoms with E-state index in [9.17, 15) is 4.79 Å². The van der Waals surface area contributed by atoms with Crippen LogP contribution in [0.4, 0.5) is 0 Å². The van der Waals surface area contributed by atoms with Crippen LogP contribution in [0, 0.1) is 5.92 Å². The number of rotatable bonds is 5. The molecule has 16 heavy (non-hydrogen) atoms. The Hall–Kier alpha value is -1.06. The van der Waals surface area contributed by atoms with E-state index in [1.54, 1.807) is 4.90 Å². The number of unbranched alkanes of at least 4 members (excludes halogenated alkanes) is 1. The largest absolute Gasteiger partial charge is 0.369 e. The van der Waals surface area contributed by atoms with Crippen molar-refractivity contribution in [1.29, 1.82) is 0 Å². The second kappa shape index (κ2) is 4.85. The van der Waals surface area contributed by atoms with Crippen molar-refractivity contribution in [3.05, 3.63) is 0 Å². The Bertz CT molecular complexity index is 299. The van der Waals surface area contributed by atoms with E-state index in [1.165, 1.54) is 0 Å². The second-order valence-electron chi connectivity index (χ2n) is 5.15. The van der Waals surface area contributed by atoms with Crippen molar-refractivity contribution in [2.75, 3.05) is 6.54 Å². The first-order chi connectivity index (χ1) is 7.40. The molecule has 0 saturated heterocycles. The van der Waals surface area contributed by atoms with Crippen LogP contribution in [0.2, 0.25) is 0 Å². The molecular weight excluding hydrogens is 202 g/mol. The molecule has 1 atom stereocenters. The zero-order valence-electron chi connectivity index (χ0n) is 10.8. The number of carbonyl (C=O) groups is 1. The maximum atomic E-state index is 12.2. The van der Waals surface area contributed by atoms with Gasteiger partial charge in [0.2, 0.25) is 0 Å². The first-order valence-corrected chi connectivity index (χ1v) is 6.08. The molecule has 0 aromatic heterocycles. The summed E-state index contributed by atoms with van der Waals surface area (Å²) in [6.07, 6.45) is 2.78. The maximum Gasteiger partial charge on any atom is 0.257 e. The van der Waals surface area contributed by atoms with Gasteiger partial charge in [-0.3, -0.25) is 9.69 Å². The Morgan fingerprint density at radius 3 is 2.62 bits per heavy atom. The van der Waals surface area contributed by atoms with Crippen molar-refractivity contribution in [1.82, 2.24) is 4.90 Å². The third-order valence-corrected chi connectivity index (χ3v) is 2.88. The first-order valence-electron chi connectivity index (χ1n) is 6.08. The number of amides is 1. The van der Waals surface area contributed by atoms with Crippen LogP contribution in [0.1, 0.15) is 47.0 Å². The van der Waals surface area contributed by atoms with Crippen LogP contribution in [0.3, 0.4) is 0 Å². The van der Waals surface area contributed by atoms with E-state index in [-0.39, 0.29) is 5.91 Å². The van der Waals surface area contributed by atoms with Gasteiger partial charge in [0, 0.05) is 6.54 Å². The van der Waals surface area contributed by atoms with E-state index in [0.29, 0.717) is 18.4 Å². The summed E-state index contributed by atoms with van der Waals surface area (Å²) in [6.45, 7) is 8.87. The molecule has 92 valence electrons. The minimum absolute atomic E-state index is 0.0622. The Balaban J connectivity index is 2.76. The summed E-state index contributed by atoms with van der Waals surface area (Å²) >= 11 is 0. The van der Waals surface area contributed by atoms with Crippen molar-refractivity contribution in [3.8, 4) is 0 Å². The summed E-state index contributed by atoms with van der Waals surface area (Å²) in [4.78, 5) is 18.2. The molecule has 0 saturated carbocycles. The van der Waals surface area contributed by atoms with Crippen molar-refractivity contribution in [2.24, 2.45) is 16.6 Å². The molecule has 1 rings (SSSR count). The molecule has 0 aromatic carbocycles. The molecule has 0 aliphatic carbocycles. The molecule has 0 fully saturated rings. The highest BCUT2D eigenvalue weighted by atomic mass is 16.2. The van der Waals surface area contributed by atoms with Gasteiger partial charge in [-0.05, 0) is 25.7 Å². The molecule has 1 amide bonds. The number of guanidine groups is 1. The SMILES string of the molecule is CCCCN1C(=O)C(C)(CC(C)C)N=C1N. The average Bonchev–Trinajstić information content (AvgIpc) is 2.35. The maximum absolute atomic E-state index is 12.2. The lowest BCUT2D eigenvalue weighted by atomic mass is 9.91. The van der Waals surface area contributed by atoms with Gasteiger partial charge < -0.3 is 5.73 Å². The fourth-order valence-corrected chi connectivity index (χ4v) is 2.22. The minimum Gasteiger partial charge on any atom is -0.369 e. The van der Waals surface area contributed by atoms with Gasteiger partial charge in [-0.25, -0.2) is 4.99 Å². The molecule has 1 heterocycles. The second-order valence-corrected chi connectivity index (χ2v) is 5.15. The Kier molecular flexibility index (Phi) is 3.94. The summed E-state index contributed by atoms with van der Waals surface area (Å²) in [5.41, 5.74) is 5.18. The molecule has 0 radical (unpaired) electrons. The predicted octanol–water partition coefficient (Wildman–Crippen LogP) is 1.75. The Labute approximate surface area is 97.9 Å². The van der Waals surface area contributed by atoms with E-state index in [4.69, 9.17) is 5.73 Å². The number of nitrogens with two attached hydrogens (primary N) is 1. The van der Waals surface area contributed by atoms with Crippen LogP contribution in [-0.2, 0) is 4.79 Å². The summed E-state index contributed by atoms with van der Waals surface area (Å²) in [5, 5.41) is 0. The van der Waals surface area contributed by atoms with E-state index in [2.05, 4.69) is 25.8 Å². The van der Waals surface area contributed by atoms with Crippen LogP contribution < -0.4 is 5.73 Å². The van der Waals surface area contributed by atoms with Gasteiger partial charge in [0.15, 0.2) is 5.96 Å². The summed E-state index contributed by atoms with van der Waals surface area (Å²) in [7, 11) is 0. The average molecular weight is 225 g/mol. The van der Waals surface area contributed by atoms with Crippen molar-refractivity contribution >= 4 is 11.9 Å². The molecule has 1 unspecified atom stereocenters. The third kappa shape index (κ3) is 2.54. The molecule has 1 aliphatic rings. The molecule has 0 bridgehead atoms. The highest BCUT2D eigenvalue weighted by Gasteiger charge is 2.43. The summed E-state index contributed by atoms with van der Waals surface area (Å²) in [5.74, 6) is 0.894. The summed E-state index contributed by atoms with van der Waals surface area (Å²) < 4.78 is 0. The van der Waals surface area contributed by atoms with Crippen LogP contribution in [0.25, 0.3) is 0 Å². The third-order valence-electron chi connectivity index (χ3n) is 2.88. The smallest absolute Gasteiger partial charge is 0.257 e. The number of hydrogen-bond acceptors (Lipinski definition) is 3. The van der Waals surface area contributed by atoms with Crippen LogP contribution >= 0.6 is 0 Å². The van der Waals surface area contributed by atoms with E-state index >= 15 is 0 Å². The normalized spacial score (nSPS) is 25.4. The lowest BCUT2D eigenvalue weighted by molar-refractivity contribution is -0.131. The quantitative estimate of drug-likeness (QED) is 0.775. The standard InChI is InChI=1S/C12H23N3O/c1-5-6-7-15-10(16)12(4,8-9(2)3)14-11(15)13/h9H,5-8H2,1-4H3,(H2,13,14).